The number of hydrogen-bond acceptors (Lipinski definition) is 6. The average molecular weight is 484 g/mol. The highest BCUT2D eigenvalue weighted by atomic mass is 35.5. The van der Waals surface area contributed by atoms with Crippen molar-refractivity contribution in [1.29, 1.82) is 0 Å². The van der Waals surface area contributed by atoms with Crippen LogP contribution in [0.3, 0.4) is 0 Å². The van der Waals surface area contributed by atoms with Gasteiger partial charge in [0.1, 0.15) is 18.2 Å². The van der Waals surface area contributed by atoms with Crippen LogP contribution >= 0.6 is 23.5 Å². The van der Waals surface area contributed by atoms with E-state index in [0.717, 1.165) is 29.3 Å². The molecule has 5 nitrogen and oxygen atoms in total. The van der Waals surface area contributed by atoms with Gasteiger partial charge >= 0.3 is 6.18 Å². The van der Waals surface area contributed by atoms with Crippen molar-refractivity contribution in [1.82, 2.24) is 4.98 Å². The molecule has 0 spiro atoms. The first-order valence-electron chi connectivity index (χ1n) is 9.44. The number of nitrogens with one attached hydrogen (secondary N) is 1. The molecule has 0 aliphatic rings. The lowest BCUT2D eigenvalue weighted by Crippen LogP contribution is -2.18. The van der Waals surface area contributed by atoms with Crippen molar-refractivity contribution in [2.75, 3.05) is 30.5 Å². The van der Waals surface area contributed by atoms with Crippen molar-refractivity contribution < 1.29 is 22.6 Å². The minimum atomic E-state index is -4.56. The second kappa shape index (κ2) is 10.3. The molecule has 0 saturated heterocycles. The number of alkyl halides is 3. The fraction of sp³-hybridized carbons (Fsp3) is 0.227. The molecule has 0 radical (unpaired) electrons. The molecule has 1 N–H and O–H groups in total. The van der Waals surface area contributed by atoms with Crippen molar-refractivity contribution in [3.8, 4) is 11.6 Å². The Bertz CT molecular complexity index is 1080. The maximum absolute atomic E-state index is 13.3. The molecular formula is C22H21ClF3N3O2S. The van der Waals surface area contributed by atoms with Crippen LogP contribution in [0, 0.1) is 6.92 Å². The Morgan fingerprint density at radius 1 is 1.16 bits per heavy atom. The lowest BCUT2D eigenvalue weighted by molar-refractivity contribution is -0.137. The highest BCUT2D eigenvalue weighted by molar-refractivity contribution is 8.00. The third kappa shape index (κ3) is 5.99. The van der Waals surface area contributed by atoms with Crippen molar-refractivity contribution in [2.45, 2.75) is 18.0 Å². The molecule has 0 bridgehead atoms. The largest absolute Gasteiger partial charge is 0.437 e. The summed E-state index contributed by atoms with van der Waals surface area (Å²) in [5, 5.41) is 2.68. The smallest absolute Gasteiger partial charge is 0.417 e. The summed E-state index contributed by atoms with van der Waals surface area (Å²) < 4.78 is 52.8. The van der Waals surface area contributed by atoms with E-state index < -0.39 is 11.7 Å². The van der Waals surface area contributed by atoms with Gasteiger partial charge in [0, 0.05) is 37.0 Å². The third-order valence-electron chi connectivity index (χ3n) is 4.28. The summed E-state index contributed by atoms with van der Waals surface area (Å²) in [4.78, 5) is 4.73. The number of pyridine rings is 1. The molecule has 3 rings (SSSR count). The van der Waals surface area contributed by atoms with Gasteiger partial charge in [-0.3, -0.25) is 4.31 Å². The second-order valence-corrected chi connectivity index (χ2v) is 8.25. The zero-order chi connectivity index (χ0) is 23.3. The van der Waals surface area contributed by atoms with Gasteiger partial charge in [-0.05, 0) is 60.8 Å². The molecule has 0 amide bonds. The van der Waals surface area contributed by atoms with Gasteiger partial charge in [-0.1, -0.05) is 17.7 Å². The van der Waals surface area contributed by atoms with Gasteiger partial charge in [-0.25, -0.2) is 4.98 Å². The molecule has 170 valence electrons. The van der Waals surface area contributed by atoms with Crippen LogP contribution in [0.4, 0.5) is 24.5 Å². The standard InChI is InChI=1S/C22H21ClF3N3O2S/c1-14-9-20(21(28-12-14)31-16-6-4-5-15(10-16)27-2)29(13-30-3)32-17-7-8-19(23)18(11-17)22(24,25)26/h4-12,27H,13H2,1-3H3. The highest BCUT2D eigenvalue weighted by Gasteiger charge is 2.33. The van der Waals surface area contributed by atoms with Gasteiger partial charge < -0.3 is 14.8 Å². The molecule has 1 aromatic heterocycles. The summed E-state index contributed by atoms with van der Waals surface area (Å²) in [6, 6.07) is 12.9. The van der Waals surface area contributed by atoms with Crippen molar-refractivity contribution in [3.63, 3.8) is 0 Å². The summed E-state index contributed by atoms with van der Waals surface area (Å²) in [5.41, 5.74) is 1.37. The fourth-order valence-corrected chi connectivity index (χ4v) is 3.96. The van der Waals surface area contributed by atoms with Crippen LogP contribution in [0.2, 0.25) is 5.02 Å². The van der Waals surface area contributed by atoms with Crippen LogP contribution in [0.5, 0.6) is 11.6 Å². The number of nitrogens with zero attached hydrogens (tertiary/aromatic N) is 2. The molecule has 0 fully saturated rings. The lowest BCUT2D eigenvalue weighted by Gasteiger charge is -2.24. The van der Waals surface area contributed by atoms with E-state index in [2.05, 4.69) is 10.3 Å². The molecule has 2 aromatic carbocycles. The third-order valence-corrected chi connectivity index (χ3v) is 5.60. The maximum atomic E-state index is 13.3. The Morgan fingerprint density at radius 3 is 2.62 bits per heavy atom. The zero-order valence-electron chi connectivity index (χ0n) is 17.5. The number of hydrogen-bond donors (Lipinski definition) is 1. The summed E-state index contributed by atoms with van der Waals surface area (Å²) in [7, 11) is 3.30. The zero-order valence-corrected chi connectivity index (χ0v) is 19.1. The second-order valence-electron chi connectivity index (χ2n) is 6.74. The predicted octanol–water partition coefficient (Wildman–Crippen LogP) is 7.01. The molecule has 0 unspecified atom stereocenters. The van der Waals surface area contributed by atoms with E-state index in [1.165, 1.54) is 19.2 Å². The fourth-order valence-electron chi connectivity index (χ4n) is 2.79. The number of benzene rings is 2. The van der Waals surface area contributed by atoms with Crippen molar-refractivity contribution >= 4 is 34.9 Å². The Morgan fingerprint density at radius 2 is 1.94 bits per heavy atom. The Labute approximate surface area is 193 Å². The first-order valence-corrected chi connectivity index (χ1v) is 10.6. The van der Waals surface area contributed by atoms with Gasteiger partial charge in [-0.2, -0.15) is 13.2 Å². The number of anilines is 2. The SMILES string of the molecule is CNc1cccc(Oc2ncc(C)cc2N(COC)Sc2ccc(Cl)c(C(F)(F)F)c2)c1. The average Bonchev–Trinajstić information content (AvgIpc) is 2.75. The summed E-state index contributed by atoms with van der Waals surface area (Å²) in [6.45, 7) is 1.94. The number of methoxy groups -OCH3 is 1. The van der Waals surface area contributed by atoms with E-state index in [1.54, 1.807) is 23.6 Å². The van der Waals surface area contributed by atoms with E-state index >= 15 is 0 Å². The van der Waals surface area contributed by atoms with E-state index in [1.807, 2.05) is 31.2 Å². The van der Waals surface area contributed by atoms with Crippen LogP contribution in [-0.2, 0) is 10.9 Å². The minimum Gasteiger partial charge on any atom is -0.437 e. The van der Waals surface area contributed by atoms with E-state index in [9.17, 15) is 13.2 Å². The van der Waals surface area contributed by atoms with Crippen molar-refractivity contribution in [3.05, 3.63) is 70.9 Å². The van der Waals surface area contributed by atoms with Gasteiger partial charge in [0.2, 0.25) is 5.88 Å². The molecule has 0 saturated carbocycles. The van der Waals surface area contributed by atoms with Crippen LogP contribution in [-0.4, -0.2) is 25.9 Å². The maximum Gasteiger partial charge on any atom is 0.417 e. The van der Waals surface area contributed by atoms with Gasteiger partial charge in [0.05, 0.1) is 10.6 Å². The molecular weight excluding hydrogens is 463 g/mol. The molecule has 1 heterocycles. The topological polar surface area (TPSA) is 46.6 Å². The molecule has 0 aliphatic carbocycles. The normalized spacial score (nSPS) is 11.3. The summed E-state index contributed by atoms with van der Waals surface area (Å²) in [5.74, 6) is 0.848. The van der Waals surface area contributed by atoms with E-state index in [4.69, 9.17) is 21.1 Å². The summed E-state index contributed by atoms with van der Waals surface area (Å²) >= 11 is 6.82. The van der Waals surface area contributed by atoms with Gasteiger partial charge in [0.25, 0.3) is 0 Å². The Balaban J connectivity index is 1.96. The monoisotopic (exact) mass is 483 g/mol. The first kappa shape index (κ1) is 24.0. The van der Waals surface area contributed by atoms with E-state index in [0.29, 0.717) is 22.2 Å². The van der Waals surface area contributed by atoms with Crippen LogP contribution in [0.1, 0.15) is 11.1 Å². The lowest BCUT2D eigenvalue weighted by atomic mass is 10.2. The highest BCUT2D eigenvalue weighted by Crippen LogP contribution is 2.41. The summed E-state index contributed by atoms with van der Waals surface area (Å²) in [6.07, 6.45) is -2.91. The van der Waals surface area contributed by atoms with Gasteiger partial charge in [-0.15, -0.1) is 0 Å². The Hall–Kier alpha value is -2.62. The molecule has 10 heteroatoms. The van der Waals surface area contributed by atoms with Crippen LogP contribution in [0.25, 0.3) is 0 Å². The number of halogens is 4. The Kier molecular flexibility index (Phi) is 7.76. The predicted molar refractivity (Wildman–Crippen MR) is 122 cm³/mol. The quantitative estimate of drug-likeness (QED) is 0.274. The first-order chi connectivity index (χ1) is 15.2. The molecule has 0 aliphatic heterocycles. The number of rotatable bonds is 8. The number of ether oxygens (including phenoxy) is 2. The number of aromatic nitrogens is 1. The number of aryl methyl sites for hydroxylation is 1. The van der Waals surface area contributed by atoms with Gasteiger partial charge in [0.15, 0.2) is 0 Å². The van der Waals surface area contributed by atoms with Crippen molar-refractivity contribution in [2.24, 2.45) is 0 Å². The van der Waals surface area contributed by atoms with Crippen LogP contribution in [0.15, 0.2) is 59.6 Å². The molecule has 0 atom stereocenters. The minimum absolute atomic E-state index is 0.0761. The van der Waals surface area contributed by atoms with Crippen LogP contribution < -0.4 is 14.4 Å². The molecule has 32 heavy (non-hydrogen) atoms. The molecule has 3 aromatic rings. The van der Waals surface area contributed by atoms with E-state index in [-0.39, 0.29) is 11.8 Å².